The van der Waals surface area contributed by atoms with Crippen molar-refractivity contribution >= 4 is 16.9 Å². The molecule has 0 aliphatic heterocycles. The van der Waals surface area contributed by atoms with E-state index in [0.717, 1.165) is 0 Å². The summed E-state index contributed by atoms with van der Waals surface area (Å²) in [7, 11) is 0. The quantitative estimate of drug-likeness (QED) is 0.551. The molecule has 0 atom stereocenters. The number of thiophene rings is 1. The van der Waals surface area contributed by atoms with E-state index < -0.39 is 0 Å². The normalized spacial score (nSPS) is 15.9. The van der Waals surface area contributed by atoms with Crippen molar-refractivity contribution in [1.82, 2.24) is 0 Å². The zero-order chi connectivity index (χ0) is 8.01. The van der Waals surface area contributed by atoms with E-state index in [1.165, 1.54) is 22.4 Å². The van der Waals surface area contributed by atoms with Gasteiger partial charge in [-0.2, -0.15) is 0 Å². The Bertz CT molecular complexity index is 329. The van der Waals surface area contributed by atoms with E-state index in [9.17, 15) is 0 Å². The molecule has 2 rings (SSSR count). The number of aryl methyl sites for hydroxylation is 1. The maximum Gasteiger partial charge on any atom is 0.0164 e. The van der Waals surface area contributed by atoms with Gasteiger partial charge in [0.1, 0.15) is 0 Å². The van der Waals surface area contributed by atoms with Gasteiger partial charge < -0.3 is 0 Å². The molecule has 1 heteroatoms. The van der Waals surface area contributed by atoms with Crippen LogP contribution in [0.3, 0.4) is 0 Å². The molecule has 0 saturated carbocycles. The van der Waals surface area contributed by atoms with Crippen molar-refractivity contribution in [2.24, 2.45) is 0 Å². The first kappa shape index (κ1) is 7.11. The number of rotatable bonds is 0. The molecule has 1 aliphatic rings. The molecule has 0 saturated heterocycles. The van der Waals surface area contributed by atoms with Crippen LogP contribution < -0.4 is 0 Å². The van der Waals surface area contributed by atoms with Gasteiger partial charge >= 0.3 is 0 Å². The van der Waals surface area contributed by atoms with Crippen molar-refractivity contribution in [2.45, 2.75) is 27.2 Å². The summed E-state index contributed by atoms with van der Waals surface area (Å²) in [5.74, 6) is 0. The van der Waals surface area contributed by atoms with Crippen molar-refractivity contribution in [3.05, 3.63) is 27.0 Å². The Morgan fingerprint density at radius 1 is 1.27 bits per heavy atom. The van der Waals surface area contributed by atoms with E-state index in [1.807, 2.05) is 11.3 Å². The average molecular weight is 164 g/mol. The van der Waals surface area contributed by atoms with Crippen LogP contribution in [0.5, 0.6) is 0 Å². The van der Waals surface area contributed by atoms with Gasteiger partial charge in [-0.05, 0) is 38.0 Å². The van der Waals surface area contributed by atoms with Gasteiger partial charge in [0.15, 0.2) is 0 Å². The topological polar surface area (TPSA) is 0 Å². The van der Waals surface area contributed by atoms with Crippen molar-refractivity contribution in [3.63, 3.8) is 0 Å². The predicted octanol–water partition coefficient (Wildman–Crippen LogP) is 3.41. The first-order valence-corrected chi connectivity index (χ1v) is 4.76. The van der Waals surface area contributed by atoms with Gasteiger partial charge in [-0.15, -0.1) is 11.3 Å². The summed E-state index contributed by atoms with van der Waals surface area (Å²) in [4.78, 5) is 3.01. The summed E-state index contributed by atoms with van der Waals surface area (Å²) >= 11 is 1.94. The lowest BCUT2D eigenvalue weighted by Crippen LogP contribution is -1.73. The van der Waals surface area contributed by atoms with E-state index in [4.69, 9.17) is 0 Å². The van der Waals surface area contributed by atoms with Gasteiger partial charge in [0.25, 0.3) is 0 Å². The van der Waals surface area contributed by atoms with Crippen LogP contribution >= 0.6 is 11.3 Å². The fourth-order valence-electron chi connectivity index (χ4n) is 1.61. The SMILES string of the molecule is CC1=C(C)c2cc(C)sc2C1. The summed E-state index contributed by atoms with van der Waals surface area (Å²) in [5.41, 5.74) is 4.56. The Hall–Kier alpha value is -0.560. The summed E-state index contributed by atoms with van der Waals surface area (Å²) in [6, 6.07) is 2.31. The van der Waals surface area contributed by atoms with Gasteiger partial charge in [0, 0.05) is 16.2 Å². The second-order valence-electron chi connectivity index (χ2n) is 3.28. The lowest BCUT2D eigenvalue weighted by Gasteiger charge is -1.92. The van der Waals surface area contributed by atoms with Crippen molar-refractivity contribution in [2.75, 3.05) is 0 Å². The Kier molecular flexibility index (Phi) is 1.43. The Labute approximate surface area is 71.6 Å². The second-order valence-corrected chi connectivity index (χ2v) is 4.62. The zero-order valence-corrected chi connectivity index (χ0v) is 8.01. The predicted molar refractivity (Wildman–Crippen MR) is 51.0 cm³/mol. The summed E-state index contributed by atoms with van der Waals surface area (Å²) < 4.78 is 0. The maximum atomic E-state index is 2.31. The van der Waals surface area contributed by atoms with Crippen LogP contribution in [-0.4, -0.2) is 0 Å². The summed E-state index contributed by atoms with van der Waals surface area (Å²) in [5, 5.41) is 0. The molecule has 1 aliphatic carbocycles. The molecule has 1 aromatic heterocycles. The van der Waals surface area contributed by atoms with Gasteiger partial charge in [0.05, 0.1) is 0 Å². The number of fused-ring (bicyclic) bond motifs is 1. The highest BCUT2D eigenvalue weighted by molar-refractivity contribution is 7.12. The molecule has 11 heavy (non-hydrogen) atoms. The molecule has 0 fully saturated rings. The average Bonchev–Trinajstić information content (AvgIpc) is 2.37. The third-order valence-corrected chi connectivity index (χ3v) is 3.45. The van der Waals surface area contributed by atoms with Crippen LogP contribution in [0.2, 0.25) is 0 Å². The monoisotopic (exact) mass is 164 g/mol. The molecular weight excluding hydrogens is 152 g/mol. The lowest BCUT2D eigenvalue weighted by atomic mass is 10.1. The maximum absolute atomic E-state index is 2.31. The molecule has 1 heterocycles. The zero-order valence-electron chi connectivity index (χ0n) is 7.19. The molecule has 0 nitrogen and oxygen atoms in total. The Morgan fingerprint density at radius 2 is 2.00 bits per heavy atom. The number of allylic oxidation sites excluding steroid dienone is 2. The molecule has 1 aromatic rings. The molecule has 0 radical (unpaired) electrons. The number of hydrogen-bond donors (Lipinski definition) is 0. The van der Waals surface area contributed by atoms with Crippen LogP contribution in [0, 0.1) is 6.92 Å². The van der Waals surface area contributed by atoms with Crippen molar-refractivity contribution in [3.8, 4) is 0 Å². The van der Waals surface area contributed by atoms with Crippen LogP contribution in [0.15, 0.2) is 11.6 Å². The molecule has 0 N–H and O–H groups in total. The molecule has 0 unspecified atom stereocenters. The van der Waals surface area contributed by atoms with Gasteiger partial charge in [-0.3, -0.25) is 0 Å². The third-order valence-electron chi connectivity index (χ3n) is 2.40. The molecule has 0 spiro atoms. The fraction of sp³-hybridized carbons (Fsp3) is 0.400. The first-order valence-electron chi connectivity index (χ1n) is 3.94. The number of hydrogen-bond acceptors (Lipinski definition) is 1. The molecule has 58 valence electrons. The first-order chi connectivity index (χ1) is 5.18. The van der Waals surface area contributed by atoms with E-state index in [-0.39, 0.29) is 0 Å². The van der Waals surface area contributed by atoms with Gasteiger partial charge in [-0.25, -0.2) is 0 Å². The smallest absolute Gasteiger partial charge is 0.0164 e. The minimum atomic E-state index is 1.19. The van der Waals surface area contributed by atoms with Gasteiger partial charge in [-0.1, -0.05) is 5.57 Å². The highest BCUT2D eigenvalue weighted by Gasteiger charge is 2.17. The highest BCUT2D eigenvalue weighted by Crippen LogP contribution is 2.37. The summed E-state index contributed by atoms with van der Waals surface area (Å²) in [6.07, 6.45) is 1.19. The molecular formula is C10H12S. The highest BCUT2D eigenvalue weighted by atomic mass is 32.1. The van der Waals surface area contributed by atoms with Crippen molar-refractivity contribution < 1.29 is 0 Å². The summed E-state index contributed by atoms with van der Waals surface area (Å²) in [6.45, 7) is 6.65. The minimum absolute atomic E-state index is 1.19. The Morgan fingerprint density at radius 3 is 2.64 bits per heavy atom. The second kappa shape index (κ2) is 2.21. The molecule has 0 amide bonds. The van der Waals surface area contributed by atoms with Gasteiger partial charge in [0.2, 0.25) is 0 Å². The standard InChI is InChI=1S/C10H12S/c1-6-4-10-9(8(6)3)5-7(2)11-10/h5H,4H2,1-3H3. The molecule has 0 aromatic carbocycles. The minimum Gasteiger partial charge on any atom is -0.145 e. The van der Waals surface area contributed by atoms with Crippen LogP contribution in [0.1, 0.15) is 29.2 Å². The van der Waals surface area contributed by atoms with Crippen LogP contribution in [0.4, 0.5) is 0 Å². The van der Waals surface area contributed by atoms with E-state index in [1.54, 1.807) is 10.5 Å². The van der Waals surface area contributed by atoms with Crippen LogP contribution in [-0.2, 0) is 6.42 Å². The largest absolute Gasteiger partial charge is 0.145 e. The lowest BCUT2D eigenvalue weighted by molar-refractivity contribution is 1.23. The molecule has 0 bridgehead atoms. The van der Waals surface area contributed by atoms with E-state index in [2.05, 4.69) is 26.8 Å². The van der Waals surface area contributed by atoms with E-state index >= 15 is 0 Å². The third kappa shape index (κ3) is 0.951. The van der Waals surface area contributed by atoms with Crippen LogP contribution in [0.25, 0.3) is 5.57 Å². The fourth-order valence-corrected chi connectivity index (χ4v) is 2.79. The Balaban J connectivity index is 2.58. The van der Waals surface area contributed by atoms with Crippen molar-refractivity contribution in [1.29, 1.82) is 0 Å². The van der Waals surface area contributed by atoms with E-state index in [0.29, 0.717) is 0 Å².